The van der Waals surface area contributed by atoms with Crippen molar-refractivity contribution in [3.8, 4) is 17.2 Å². The Morgan fingerprint density at radius 3 is 2.32 bits per heavy atom. The number of Topliss-reactive ketones (excluding diaryl/α,β-unsaturated/α-hetero) is 2. The number of aliphatic hydroxyl groups is 1. The molecule has 7 rings (SSSR count). The molecule has 9 nitrogen and oxygen atoms in total. The third kappa shape index (κ3) is 4.75. The van der Waals surface area contributed by atoms with Crippen LogP contribution in [0.4, 0.5) is 0 Å². The summed E-state index contributed by atoms with van der Waals surface area (Å²) < 4.78 is 20.6. The van der Waals surface area contributed by atoms with Gasteiger partial charge in [-0.2, -0.15) is 0 Å². The Morgan fingerprint density at radius 1 is 1.00 bits per heavy atom. The molecule has 2 fully saturated rings. The number of phenols is 1. The van der Waals surface area contributed by atoms with Crippen LogP contribution in [0.25, 0.3) is 0 Å². The fourth-order valence-corrected chi connectivity index (χ4v) is 8.64. The van der Waals surface area contributed by atoms with Crippen LogP contribution >= 0.6 is 0 Å². The minimum Gasteiger partial charge on any atom is -0.506 e. The summed E-state index contributed by atoms with van der Waals surface area (Å²) in [5, 5.41) is 33.0. The van der Waals surface area contributed by atoms with E-state index in [1.165, 1.54) is 18.6 Å². The highest BCUT2D eigenvalue weighted by Gasteiger charge is 2.81. The SMILES string of the molecule is CC(C)=CCC[C@]1(C)C[C@H](O)c2c(O)c3c(c(CC=C(C)C)c2O1)O[C@]12C(=C[C@@H]4CC1C(C)(C)O[C@@]2(C/C=C(/C)C(=O)O)C4=O)C3=O. The number of aliphatic hydroxyl groups excluding tert-OH is 1. The predicted octanol–water partition coefficient (Wildman–Crippen LogP) is 6.65. The number of rotatable bonds is 8. The van der Waals surface area contributed by atoms with Gasteiger partial charge in [0.1, 0.15) is 28.4 Å². The largest absolute Gasteiger partial charge is 0.506 e. The van der Waals surface area contributed by atoms with E-state index < -0.39 is 52.1 Å². The molecule has 4 bridgehead atoms. The molecule has 1 saturated heterocycles. The van der Waals surface area contributed by atoms with E-state index >= 15 is 0 Å². The van der Waals surface area contributed by atoms with Gasteiger partial charge in [-0.05, 0) is 81.1 Å². The van der Waals surface area contributed by atoms with Crippen LogP contribution in [0.2, 0.25) is 0 Å². The number of ether oxygens (including phenoxy) is 3. The summed E-state index contributed by atoms with van der Waals surface area (Å²) in [5.41, 5.74) is -1.83. The molecule has 0 amide bonds. The Bertz CT molecular complexity index is 1720. The van der Waals surface area contributed by atoms with Crippen LogP contribution in [0.15, 0.2) is 46.6 Å². The maximum absolute atomic E-state index is 14.8. The third-order valence-electron chi connectivity index (χ3n) is 10.9. The fraction of sp³-hybridized carbons (Fsp3) is 0.553. The number of benzene rings is 1. The first-order valence-corrected chi connectivity index (χ1v) is 16.5. The van der Waals surface area contributed by atoms with Gasteiger partial charge < -0.3 is 29.5 Å². The molecule has 1 aromatic carbocycles. The lowest BCUT2D eigenvalue weighted by Gasteiger charge is -2.56. The number of carbonyl (C=O) groups is 3. The number of hydrogen-bond acceptors (Lipinski definition) is 8. The van der Waals surface area contributed by atoms with Crippen molar-refractivity contribution in [2.24, 2.45) is 11.8 Å². The molecule has 3 heterocycles. The van der Waals surface area contributed by atoms with Crippen molar-refractivity contribution in [3.63, 3.8) is 0 Å². The van der Waals surface area contributed by atoms with Crippen molar-refractivity contribution in [2.45, 2.75) is 122 Å². The molecule has 9 heteroatoms. The quantitative estimate of drug-likeness (QED) is 0.209. The zero-order valence-corrected chi connectivity index (χ0v) is 28.6. The Balaban J connectivity index is 1.60. The smallest absolute Gasteiger partial charge is 0.330 e. The number of aliphatic carboxylic acids is 1. The Kier molecular flexibility index (Phi) is 7.72. The van der Waals surface area contributed by atoms with Crippen molar-refractivity contribution in [2.75, 3.05) is 0 Å². The maximum atomic E-state index is 14.8. The molecule has 6 aliphatic rings. The van der Waals surface area contributed by atoms with Gasteiger partial charge in [-0.1, -0.05) is 35.5 Å². The standard InChI is InChI=1S/C38H46O9/c1-19(2)10-9-14-36(8)18-25(39)27-30(41)28-29(40)24-16-22-17-26-35(6,7)47-37(33(22)42,15-13-21(5)34(43)44)38(24,26)46-32(28)23(31(27)45-36)12-11-20(3)4/h10-11,13,16,22,25-26,39,41H,9,12,14-15,17-18H2,1-8H3,(H,43,44)/b21-13-/t22-,25+,26?,36-,37+,38-/m1/s1. The molecule has 47 heavy (non-hydrogen) atoms. The van der Waals surface area contributed by atoms with Crippen molar-refractivity contribution in [1.82, 2.24) is 0 Å². The van der Waals surface area contributed by atoms with E-state index in [9.17, 15) is 29.7 Å². The van der Waals surface area contributed by atoms with E-state index in [0.29, 0.717) is 18.4 Å². The summed E-state index contributed by atoms with van der Waals surface area (Å²) in [6.45, 7) is 15.1. The van der Waals surface area contributed by atoms with Gasteiger partial charge in [-0.3, -0.25) is 9.59 Å². The number of carboxylic acid groups (broad SMARTS) is 1. The third-order valence-corrected chi connectivity index (χ3v) is 10.9. The van der Waals surface area contributed by atoms with Crippen LogP contribution in [0, 0.1) is 11.8 Å². The second kappa shape index (κ2) is 10.9. The Labute approximate surface area is 276 Å². The lowest BCUT2D eigenvalue weighted by molar-refractivity contribution is -0.171. The zero-order chi connectivity index (χ0) is 34.4. The normalized spacial score (nSPS) is 32.7. The molecule has 3 aliphatic carbocycles. The number of hydrogen-bond donors (Lipinski definition) is 3. The van der Waals surface area contributed by atoms with Gasteiger partial charge in [0.25, 0.3) is 0 Å². The Hall–Kier alpha value is -3.69. The molecule has 1 aromatic rings. The molecule has 0 aromatic heterocycles. The average Bonchev–Trinajstić information content (AvgIpc) is 3.11. The van der Waals surface area contributed by atoms with Crippen LogP contribution in [0.3, 0.4) is 0 Å². The van der Waals surface area contributed by atoms with Crippen LogP contribution in [0.1, 0.15) is 115 Å². The fourth-order valence-electron chi connectivity index (χ4n) is 8.64. The van der Waals surface area contributed by atoms with Gasteiger partial charge in [0.05, 0.1) is 17.3 Å². The molecular formula is C38H46O9. The van der Waals surface area contributed by atoms with Gasteiger partial charge in [0.2, 0.25) is 0 Å². The molecule has 252 valence electrons. The highest BCUT2D eigenvalue weighted by atomic mass is 16.6. The number of carbonyl (C=O) groups excluding carboxylic acids is 2. The molecule has 1 saturated carbocycles. The minimum absolute atomic E-state index is 0.0497. The van der Waals surface area contributed by atoms with E-state index in [2.05, 4.69) is 6.08 Å². The summed E-state index contributed by atoms with van der Waals surface area (Å²) in [6.07, 6.45) is 8.28. The summed E-state index contributed by atoms with van der Waals surface area (Å²) >= 11 is 0. The Morgan fingerprint density at radius 2 is 1.68 bits per heavy atom. The summed E-state index contributed by atoms with van der Waals surface area (Å²) in [4.78, 5) is 40.9. The van der Waals surface area contributed by atoms with Gasteiger partial charge in [-0.15, -0.1) is 0 Å². The van der Waals surface area contributed by atoms with Crippen molar-refractivity contribution >= 4 is 17.5 Å². The second-order valence-electron chi connectivity index (χ2n) is 15.3. The molecular weight excluding hydrogens is 600 g/mol. The first-order chi connectivity index (χ1) is 21.9. The van der Waals surface area contributed by atoms with E-state index in [1.807, 2.05) is 54.5 Å². The van der Waals surface area contributed by atoms with E-state index in [4.69, 9.17) is 14.2 Å². The zero-order valence-electron chi connectivity index (χ0n) is 28.6. The van der Waals surface area contributed by atoms with Crippen molar-refractivity contribution in [1.29, 1.82) is 0 Å². The molecule has 1 unspecified atom stereocenters. The first-order valence-electron chi connectivity index (χ1n) is 16.5. The molecule has 6 atom stereocenters. The second-order valence-corrected chi connectivity index (χ2v) is 15.3. The molecule has 3 N–H and O–H groups in total. The van der Waals surface area contributed by atoms with Gasteiger partial charge in [0, 0.05) is 41.4 Å². The van der Waals surface area contributed by atoms with Crippen LogP contribution < -0.4 is 9.47 Å². The summed E-state index contributed by atoms with van der Waals surface area (Å²) in [5.74, 6) is -2.90. The summed E-state index contributed by atoms with van der Waals surface area (Å²) in [6, 6.07) is 0. The van der Waals surface area contributed by atoms with E-state index in [0.717, 1.165) is 12.0 Å². The highest BCUT2D eigenvalue weighted by molar-refractivity contribution is 6.18. The number of carboxylic acids is 1. The number of fused-ring (bicyclic) bond motifs is 2. The maximum Gasteiger partial charge on any atom is 0.330 e. The number of aromatic hydroxyl groups is 1. The van der Waals surface area contributed by atoms with E-state index in [1.54, 1.807) is 6.08 Å². The van der Waals surface area contributed by atoms with Crippen molar-refractivity contribution < 1.29 is 43.9 Å². The van der Waals surface area contributed by atoms with Gasteiger partial charge in [0.15, 0.2) is 22.8 Å². The van der Waals surface area contributed by atoms with E-state index in [-0.39, 0.29) is 64.6 Å². The molecule has 3 aliphatic heterocycles. The topological polar surface area (TPSA) is 140 Å². The van der Waals surface area contributed by atoms with Gasteiger partial charge >= 0.3 is 5.97 Å². The lowest BCUT2D eigenvalue weighted by Crippen LogP contribution is -2.72. The highest BCUT2D eigenvalue weighted by Crippen LogP contribution is 2.69. The lowest BCUT2D eigenvalue weighted by atomic mass is 9.51. The van der Waals surface area contributed by atoms with Crippen LogP contribution in [-0.2, 0) is 20.7 Å². The van der Waals surface area contributed by atoms with Crippen molar-refractivity contribution in [3.05, 3.63) is 63.3 Å². The van der Waals surface area contributed by atoms with Crippen LogP contribution in [-0.4, -0.2) is 55.3 Å². The minimum atomic E-state index is -1.67. The van der Waals surface area contributed by atoms with Gasteiger partial charge in [-0.25, -0.2) is 4.79 Å². The van der Waals surface area contributed by atoms with Crippen LogP contribution in [0.5, 0.6) is 17.2 Å². The monoisotopic (exact) mass is 646 g/mol. The molecule has 0 radical (unpaired) electrons. The summed E-state index contributed by atoms with van der Waals surface area (Å²) in [7, 11) is 0. The average molecular weight is 647 g/mol. The molecule has 1 spiro atoms. The number of allylic oxidation sites excluding steroid dienone is 5. The first kappa shape index (κ1) is 33.2. The number of phenolic OH excluding ortho intramolecular Hbond substituents is 1. The predicted molar refractivity (Wildman–Crippen MR) is 175 cm³/mol. The number of ketones is 2.